The molecule has 36 heavy (non-hydrogen) atoms. The molecular formula is C26H25F2N5O3. The van der Waals surface area contributed by atoms with E-state index in [1.807, 2.05) is 29.1 Å². The van der Waals surface area contributed by atoms with Crippen molar-refractivity contribution in [2.45, 2.75) is 38.3 Å². The number of fused-ring (bicyclic) bond motifs is 1. The number of nitrogens with zero attached hydrogens (tertiary/aromatic N) is 4. The number of carbonyl (C=O) groups is 1. The second-order valence-electron chi connectivity index (χ2n) is 9.13. The van der Waals surface area contributed by atoms with E-state index in [0.29, 0.717) is 17.9 Å². The first-order valence-electron chi connectivity index (χ1n) is 11.8. The van der Waals surface area contributed by atoms with Gasteiger partial charge in [-0.1, -0.05) is 12.1 Å². The molecule has 2 aromatic heterocycles. The van der Waals surface area contributed by atoms with Crippen molar-refractivity contribution in [3.8, 4) is 17.1 Å². The number of aromatic nitrogens is 4. The van der Waals surface area contributed by atoms with Crippen LogP contribution in [-0.2, 0) is 6.61 Å². The maximum Gasteiger partial charge on any atom is 0.251 e. The third kappa shape index (κ3) is 4.90. The topological polar surface area (TPSA) is 113 Å². The highest BCUT2D eigenvalue weighted by atomic mass is 19.1. The van der Waals surface area contributed by atoms with Crippen LogP contribution in [0, 0.1) is 17.6 Å². The van der Waals surface area contributed by atoms with Crippen LogP contribution in [0.4, 0.5) is 8.78 Å². The van der Waals surface area contributed by atoms with Crippen molar-refractivity contribution >= 4 is 16.8 Å². The van der Waals surface area contributed by atoms with Gasteiger partial charge >= 0.3 is 0 Å². The molecule has 0 spiro atoms. The molecular weight excluding hydrogens is 468 g/mol. The average Bonchev–Trinajstić information content (AvgIpc) is 3.34. The zero-order chi connectivity index (χ0) is 25.2. The van der Waals surface area contributed by atoms with Gasteiger partial charge in [0.2, 0.25) is 0 Å². The summed E-state index contributed by atoms with van der Waals surface area (Å²) in [6, 6.07) is 7.80. The van der Waals surface area contributed by atoms with Crippen LogP contribution in [0.2, 0.25) is 0 Å². The number of benzene rings is 2. The van der Waals surface area contributed by atoms with Gasteiger partial charge in [-0.05, 0) is 49.8 Å². The number of amides is 1. The molecule has 1 fully saturated rings. The summed E-state index contributed by atoms with van der Waals surface area (Å²) in [4.78, 5) is 20.9. The van der Waals surface area contributed by atoms with E-state index < -0.39 is 23.3 Å². The molecule has 0 saturated heterocycles. The van der Waals surface area contributed by atoms with Crippen LogP contribution in [0.3, 0.4) is 0 Å². The van der Waals surface area contributed by atoms with Gasteiger partial charge in [0, 0.05) is 47.2 Å². The van der Waals surface area contributed by atoms with Crippen LogP contribution >= 0.6 is 0 Å². The number of aliphatic hydroxyl groups excluding tert-OH is 1. The standard InChI is InChI=1S/C26H25F2N5O3/c27-21-7-19(8-22(28)24(21)35)26(36)31-10-15-1-5-20(6-2-15)33-13-18-4-3-17(9-23(18)32-33)25-29-11-16(14-34)12-30-25/h3-4,7-9,11-13,15,20,34-35H,1-2,5-6,10,14H2,(H,31,36)/t15-,20-. The molecule has 186 valence electrons. The highest BCUT2D eigenvalue weighted by molar-refractivity contribution is 5.94. The average molecular weight is 494 g/mol. The molecule has 1 aliphatic rings. The summed E-state index contributed by atoms with van der Waals surface area (Å²) in [6.07, 6.45) is 8.81. The van der Waals surface area contributed by atoms with Crippen molar-refractivity contribution < 1.29 is 23.8 Å². The quantitative estimate of drug-likeness (QED) is 0.372. The van der Waals surface area contributed by atoms with Gasteiger partial charge in [0.15, 0.2) is 23.2 Å². The number of rotatable bonds is 6. The first-order chi connectivity index (χ1) is 17.4. The second-order valence-corrected chi connectivity index (χ2v) is 9.13. The van der Waals surface area contributed by atoms with Gasteiger partial charge in [-0.2, -0.15) is 5.10 Å². The Morgan fingerprint density at radius 3 is 2.42 bits per heavy atom. The van der Waals surface area contributed by atoms with Crippen LogP contribution in [0.25, 0.3) is 22.3 Å². The van der Waals surface area contributed by atoms with Gasteiger partial charge in [0.25, 0.3) is 5.91 Å². The predicted octanol–water partition coefficient (Wildman–Crippen LogP) is 4.13. The number of hydrogen-bond acceptors (Lipinski definition) is 6. The summed E-state index contributed by atoms with van der Waals surface area (Å²) in [7, 11) is 0. The first-order valence-corrected chi connectivity index (χ1v) is 11.8. The van der Waals surface area contributed by atoms with Crippen LogP contribution in [0.1, 0.15) is 47.6 Å². The van der Waals surface area contributed by atoms with E-state index in [2.05, 4.69) is 15.3 Å². The number of aromatic hydroxyl groups is 1. The Balaban J connectivity index is 1.18. The van der Waals surface area contributed by atoms with Crippen molar-refractivity contribution in [1.82, 2.24) is 25.1 Å². The van der Waals surface area contributed by atoms with Crippen molar-refractivity contribution in [1.29, 1.82) is 0 Å². The summed E-state index contributed by atoms with van der Waals surface area (Å²) >= 11 is 0. The highest BCUT2D eigenvalue weighted by Gasteiger charge is 2.24. The Morgan fingerprint density at radius 1 is 1.06 bits per heavy atom. The molecule has 1 aliphatic carbocycles. The number of halogens is 2. The lowest BCUT2D eigenvalue weighted by molar-refractivity contribution is 0.0940. The van der Waals surface area contributed by atoms with Crippen molar-refractivity contribution in [3.05, 3.63) is 71.7 Å². The minimum Gasteiger partial charge on any atom is -0.503 e. The van der Waals surface area contributed by atoms with Gasteiger partial charge in [0.05, 0.1) is 18.2 Å². The Bertz CT molecular complexity index is 1380. The number of nitrogens with one attached hydrogen (secondary N) is 1. The van der Waals surface area contributed by atoms with Crippen molar-refractivity contribution in [3.63, 3.8) is 0 Å². The molecule has 0 unspecified atom stereocenters. The number of phenolic OH excluding ortho intramolecular Hbond substituents is 1. The second kappa shape index (κ2) is 9.98. The summed E-state index contributed by atoms with van der Waals surface area (Å²) in [5.74, 6) is -3.15. The van der Waals surface area contributed by atoms with Crippen LogP contribution in [0.5, 0.6) is 5.75 Å². The van der Waals surface area contributed by atoms with Crippen molar-refractivity contribution in [2.24, 2.45) is 5.92 Å². The van der Waals surface area contributed by atoms with E-state index in [1.165, 1.54) is 0 Å². The molecule has 1 amide bonds. The van der Waals surface area contributed by atoms with Gasteiger partial charge in [-0.3, -0.25) is 9.48 Å². The number of carbonyl (C=O) groups excluding carboxylic acids is 1. The smallest absolute Gasteiger partial charge is 0.251 e. The summed E-state index contributed by atoms with van der Waals surface area (Å²) in [5, 5.41) is 26.9. The fraction of sp³-hybridized carbons (Fsp3) is 0.308. The van der Waals surface area contributed by atoms with Gasteiger partial charge < -0.3 is 15.5 Å². The minimum absolute atomic E-state index is 0.100. The molecule has 0 bridgehead atoms. The normalized spacial score (nSPS) is 17.9. The monoisotopic (exact) mass is 493 g/mol. The largest absolute Gasteiger partial charge is 0.503 e. The van der Waals surface area contributed by atoms with Gasteiger partial charge in [0.1, 0.15) is 0 Å². The fourth-order valence-corrected chi connectivity index (χ4v) is 4.60. The van der Waals surface area contributed by atoms with E-state index in [9.17, 15) is 18.7 Å². The molecule has 0 aliphatic heterocycles. The molecule has 1 saturated carbocycles. The zero-order valence-electron chi connectivity index (χ0n) is 19.4. The number of hydrogen-bond donors (Lipinski definition) is 3. The Morgan fingerprint density at radius 2 is 1.75 bits per heavy atom. The lowest BCUT2D eigenvalue weighted by Crippen LogP contribution is -2.31. The van der Waals surface area contributed by atoms with E-state index in [4.69, 9.17) is 10.2 Å². The predicted molar refractivity (Wildman–Crippen MR) is 128 cm³/mol. The van der Waals surface area contributed by atoms with E-state index in [1.54, 1.807) is 12.4 Å². The maximum absolute atomic E-state index is 13.5. The molecule has 5 rings (SSSR count). The summed E-state index contributed by atoms with van der Waals surface area (Å²) in [5.41, 5.74) is 2.20. The van der Waals surface area contributed by atoms with Gasteiger partial charge in [-0.15, -0.1) is 0 Å². The molecule has 8 nitrogen and oxygen atoms in total. The molecule has 2 heterocycles. The zero-order valence-corrected chi connectivity index (χ0v) is 19.4. The maximum atomic E-state index is 13.5. The number of aliphatic hydroxyl groups is 1. The Labute approximate surface area is 205 Å². The molecule has 2 aromatic carbocycles. The molecule has 3 N–H and O–H groups in total. The van der Waals surface area contributed by atoms with E-state index in [0.717, 1.165) is 54.3 Å². The Hall–Kier alpha value is -3.92. The lowest BCUT2D eigenvalue weighted by atomic mass is 9.86. The summed E-state index contributed by atoms with van der Waals surface area (Å²) < 4.78 is 29.0. The molecule has 4 aromatic rings. The van der Waals surface area contributed by atoms with E-state index in [-0.39, 0.29) is 24.1 Å². The third-order valence-corrected chi connectivity index (χ3v) is 6.69. The first kappa shape index (κ1) is 23.8. The van der Waals surface area contributed by atoms with Gasteiger partial charge in [-0.25, -0.2) is 18.7 Å². The highest BCUT2D eigenvalue weighted by Crippen LogP contribution is 2.33. The van der Waals surface area contributed by atoms with Crippen LogP contribution in [0.15, 0.2) is 48.9 Å². The SMILES string of the molecule is O=C(NC[C@H]1CC[C@H](n2cc3ccc(-c4ncc(CO)cn4)cc3n2)CC1)c1cc(F)c(O)c(F)c1. The van der Waals surface area contributed by atoms with Crippen LogP contribution < -0.4 is 5.32 Å². The molecule has 0 radical (unpaired) electrons. The van der Waals surface area contributed by atoms with Crippen molar-refractivity contribution in [2.75, 3.05) is 6.54 Å². The molecule has 10 heteroatoms. The molecule has 0 atom stereocenters. The minimum atomic E-state index is -1.16. The number of phenols is 1. The summed E-state index contributed by atoms with van der Waals surface area (Å²) in [6.45, 7) is 0.311. The fourth-order valence-electron chi connectivity index (χ4n) is 4.60. The lowest BCUT2D eigenvalue weighted by Gasteiger charge is -2.28. The third-order valence-electron chi connectivity index (χ3n) is 6.69. The van der Waals surface area contributed by atoms with E-state index >= 15 is 0 Å². The Kier molecular flexibility index (Phi) is 6.60. The van der Waals surface area contributed by atoms with Crippen LogP contribution in [-0.4, -0.2) is 42.4 Å².